The fraction of sp³-hybridized carbons (Fsp3) is 0.357. The Morgan fingerprint density at radius 2 is 1.81 bits per heavy atom. The first-order valence-corrected chi connectivity index (χ1v) is 12.4. The minimum Gasteiger partial charge on any atom is -0.467 e. The molecule has 1 atom stereocenters. The van der Waals surface area contributed by atoms with Gasteiger partial charge in [-0.15, -0.1) is 0 Å². The molecule has 0 saturated heterocycles. The predicted molar refractivity (Wildman–Crippen MR) is 136 cm³/mol. The number of carbonyl (C=O) groups excluding carboxylic acids is 3. The van der Waals surface area contributed by atoms with Crippen LogP contribution in [0.5, 0.6) is 0 Å². The second-order valence-electron chi connectivity index (χ2n) is 9.17. The second-order valence-corrected chi connectivity index (χ2v) is 9.17. The van der Waals surface area contributed by atoms with Crippen LogP contribution >= 0.6 is 0 Å². The fourth-order valence-electron chi connectivity index (χ4n) is 4.47. The summed E-state index contributed by atoms with van der Waals surface area (Å²) in [7, 11) is 0. The van der Waals surface area contributed by atoms with Gasteiger partial charge in [0.05, 0.1) is 12.8 Å². The molecule has 36 heavy (non-hydrogen) atoms. The van der Waals surface area contributed by atoms with Gasteiger partial charge in [-0.2, -0.15) is 0 Å². The van der Waals surface area contributed by atoms with Gasteiger partial charge < -0.3 is 20.0 Å². The zero-order chi connectivity index (χ0) is 25.3. The van der Waals surface area contributed by atoms with E-state index in [4.69, 9.17) is 4.42 Å². The molecule has 2 N–H and O–H groups in total. The van der Waals surface area contributed by atoms with Crippen molar-refractivity contribution in [2.24, 2.45) is 0 Å². The number of nitrogens with zero attached hydrogens (tertiary/aromatic N) is 2. The van der Waals surface area contributed by atoms with Crippen LogP contribution < -0.4 is 10.6 Å². The molecule has 8 nitrogen and oxygen atoms in total. The monoisotopic (exact) mass is 488 g/mol. The highest BCUT2D eigenvalue weighted by atomic mass is 16.3. The lowest BCUT2D eigenvalue weighted by molar-refractivity contribution is -0.142. The van der Waals surface area contributed by atoms with Crippen molar-refractivity contribution in [3.05, 3.63) is 83.9 Å². The number of aromatic nitrogens is 1. The molecule has 0 radical (unpaired) electrons. The Balaban J connectivity index is 1.55. The van der Waals surface area contributed by atoms with Gasteiger partial charge in [0, 0.05) is 25.1 Å². The summed E-state index contributed by atoms with van der Waals surface area (Å²) < 4.78 is 5.52. The number of anilines is 1. The Kier molecular flexibility index (Phi) is 8.49. The van der Waals surface area contributed by atoms with Gasteiger partial charge in [-0.25, -0.2) is 4.98 Å². The summed E-state index contributed by atoms with van der Waals surface area (Å²) in [5.74, 6) is 0.142. The number of pyridine rings is 1. The number of amides is 3. The summed E-state index contributed by atoms with van der Waals surface area (Å²) >= 11 is 0. The van der Waals surface area contributed by atoms with Crippen molar-refractivity contribution in [3.63, 3.8) is 0 Å². The maximum atomic E-state index is 13.6. The first kappa shape index (κ1) is 25.2. The molecule has 1 saturated carbocycles. The van der Waals surface area contributed by atoms with Crippen molar-refractivity contribution in [2.75, 3.05) is 5.32 Å². The van der Waals surface area contributed by atoms with Crippen LogP contribution in [0.1, 0.15) is 61.5 Å². The van der Waals surface area contributed by atoms with Gasteiger partial charge in [0.2, 0.25) is 17.7 Å². The number of aryl methyl sites for hydroxylation is 1. The number of hydrogen-bond acceptors (Lipinski definition) is 5. The summed E-state index contributed by atoms with van der Waals surface area (Å²) in [4.78, 5) is 45.3. The molecule has 1 fully saturated rings. The van der Waals surface area contributed by atoms with Gasteiger partial charge in [0.15, 0.2) is 0 Å². The van der Waals surface area contributed by atoms with E-state index in [0.29, 0.717) is 17.1 Å². The van der Waals surface area contributed by atoms with E-state index in [9.17, 15) is 14.4 Å². The minimum absolute atomic E-state index is 0.0328. The van der Waals surface area contributed by atoms with Crippen LogP contribution in [0.2, 0.25) is 0 Å². The summed E-state index contributed by atoms with van der Waals surface area (Å²) in [6.45, 7) is 2.09. The molecule has 1 aliphatic carbocycles. The molecular formula is C28H32N4O4. The van der Waals surface area contributed by atoms with Crippen LogP contribution in [0, 0.1) is 6.92 Å². The van der Waals surface area contributed by atoms with E-state index < -0.39 is 6.04 Å². The molecule has 0 spiro atoms. The summed E-state index contributed by atoms with van der Waals surface area (Å²) in [5.41, 5.74) is 1.78. The topological polar surface area (TPSA) is 105 Å². The van der Waals surface area contributed by atoms with E-state index in [1.807, 2.05) is 31.2 Å². The largest absolute Gasteiger partial charge is 0.467 e. The molecule has 3 aromatic rings. The van der Waals surface area contributed by atoms with Crippen LogP contribution in [0.15, 0.2) is 71.5 Å². The maximum absolute atomic E-state index is 13.6. The molecule has 0 aliphatic heterocycles. The van der Waals surface area contributed by atoms with Crippen LogP contribution in [-0.2, 0) is 20.9 Å². The second kappa shape index (κ2) is 12.2. The highest BCUT2D eigenvalue weighted by molar-refractivity contribution is 5.94. The van der Waals surface area contributed by atoms with Crippen molar-refractivity contribution in [2.45, 2.75) is 64.1 Å². The minimum atomic E-state index is -0.845. The molecule has 8 heteroatoms. The fourth-order valence-corrected chi connectivity index (χ4v) is 4.47. The third-order valence-corrected chi connectivity index (χ3v) is 6.38. The third kappa shape index (κ3) is 6.81. The molecule has 2 heterocycles. The lowest BCUT2D eigenvalue weighted by Gasteiger charge is -2.32. The number of hydrogen-bond donors (Lipinski definition) is 2. The van der Waals surface area contributed by atoms with Crippen LogP contribution in [0.3, 0.4) is 0 Å². The molecule has 0 bridgehead atoms. The van der Waals surface area contributed by atoms with Crippen molar-refractivity contribution < 1.29 is 18.8 Å². The van der Waals surface area contributed by atoms with E-state index in [0.717, 1.165) is 31.2 Å². The van der Waals surface area contributed by atoms with Crippen molar-refractivity contribution >= 4 is 23.5 Å². The van der Waals surface area contributed by atoms with Gasteiger partial charge >= 0.3 is 0 Å². The number of furan rings is 1. The van der Waals surface area contributed by atoms with Crippen LogP contribution in [0.4, 0.5) is 5.82 Å². The zero-order valence-corrected chi connectivity index (χ0v) is 20.5. The number of rotatable bonds is 10. The first-order chi connectivity index (χ1) is 17.5. The molecule has 188 valence electrons. The Morgan fingerprint density at radius 1 is 1.03 bits per heavy atom. The quantitative estimate of drug-likeness (QED) is 0.436. The Morgan fingerprint density at radius 3 is 2.47 bits per heavy atom. The smallest absolute Gasteiger partial charge is 0.247 e. The molecule has 3 amide bonds. The number of benzene rings is 1. The summed E-state index contributed by atoms with van der Waals surface area (Å²) in [5, 5.41) is 5.85. The lowest BCUT2D eigenvalue weighted by atomic mass is 10.0. The molecule has 4 rings (SSSR count). The van der Waals surface area contributed by atoms with Crippen molar-refractivity contribution in [1.29, 1.82) is 0 Å². The van der Waals surface area contributed by atoms with Crippen molar-refractivity contribution in [1.82, 2.24) is 15.2 Å². The van der Waals surface area contributed by atoms with Crippen molar-refractivity contribution in [3.8, 4) is 0 Å². The number of carbonyl (C=O) groups is 3. The molecule has 2 aromatic heterocycles. The molecule has 1 aromatic carbocycles. The maximum Gasteiger partial charge on any atom is 0.247 e. The SMILES string of the molecule is Cc1ccc([C@H](C(=O)NC2CCCC2)N(Cc2ccco2)C(=O)CCC(=O)Nc2ccccn2)cc1. The Bertz CT molecular complexity index is 1140. The first-order valence-electron chi connectivity index (χ1n) is 12.4. The highest BCUT2D eigenvalue weighted by Crippen LogP contribution is 2.27. The van der Waals surface area contributed by atoms with Gasteiger partial charge in [-0.1, -0.05) is 48.7 Å². The molecule has 0 unspecified atom stereocenters. The number of nitrogens with one attached hydrogen (secondary N) is 2. The van der Waals surface area contributed by atoms with Gasteiger partial charge in [0.1, 0.15) is 17.6 Å². The highest BCUT2D eigenvalue weighted by Gasteiger charge is 2.33. The zero-order valence-electron chi connectivity index (χ0n) is 20.5. The predicted octanol–water partition coefficient (Wildman–Crippen LogP) is 4.53. The summed E-state index contributed by atoms with van der Waals surface area (Å²) in [6.07, 6.45) is 7.08. The normalized spacial score (nSPS) is 14.2. The van der Waals surface area contributed by atoms with Gasteiger partial charge in [-0.05, 0) is 49.6 Å². The Hall–Kier alpha value is -3.94. The van der Waals surface area contributed by atoms with E-state index in [1.165, 1.54) is 11.2 Å². The lowest BCUT2D eigenvalue weighted by Crippen LogP contribution is -2.46. The molecule has 1 aliphatic rings. The van der Waals surface area contributed by atoms with Crippen LogP contribution in [0.25, 0.3) is 0 Å². The third-order valence-electron chi connectivity index (χ3n) is 6.38. The average molecular weight is 489 g/mol. The van der Waals surface area contributed by atoms with E-state index in [1.54, 1.807) is 36.5 Å². The average Bonchev–Trinajstić information content (AvgIpc) is 3.58. The Labute approximate surface area is 211 Å². The standard InChI is InChI=1S/C28H32N4O4/c1-20-11-13-21(14-12-20)27(28(35)30-22-7-2-3-8-22)32(19-23-9-6-18-36-23)26(34)16-15-25(33)31-24-10-4-5-17-29-24/h4-6,9-14,17-18,22,27H,2-3,7-8,15-16,19H2,1H3,(H,30,35)(H,29,31,33)/t27-/m1/s1. The van der Waals surface area contributed by atoms with Gasteiger partial charge in [-0.3, -0.25) is 14.4 Å². The van der Waals surface area contributed by atoms with E-state index in [-0.39, 0.29) is 43.1 Å². The summed E-state index contributed by atoms with van der Waals surface area (Å²) in [6, 6.07) is 15.6. The van der Waals surface area contributed by atoms with E-state index in [2.05, 4.69) is 15.6 Å². The van der Waals surface area contributed by atoms with Gasteiger partial charge in [0.25, 0.3) is 0 Å². The van der Waals surface area contributed by atoms with Crippen LogP contribution in [-0.4, -0.2) is 33.6 Å². The molecular weight excluding hydrogens is 456 g/mol. The van der Waals surface area contributed by atoms with E-state index >= 15 is 0 Å².